The molecule has 2 aromatic rings. The molecule has 26 heavy (non-hydrogen) atoms. The first-order valence-electron chi connectivity index (χ1n) is 8.44. The van der Waals surface area contributed by atoms with Crippen molar-refractivity contribution in [1.29, 1.82) is 0 Å². The van der Waals surface area contributed by atoms with Crippen LogP contribution in [-0.2, 0) is 4.74 Å². The van der Waals surface area contributed by atoms with E-state index >= 15 is 0 Å². The molecule has 9 nitrogen and oxygen atoms in total. The first-order chi connectivity index (χ1) is 12.6. The lowest BCUT2D eigenvalue weighted by Gasteiger charge is -2.34. The summed E-state index contributed by atoms with van der Waals surface area (Å²) in [7, 11) is 0. The van der Waals surface area contributed by atoms with E-state index in [0.29, 0.717) is 55.7 Å². The summed E-state index contributed by atoms with van der Waals surface area (Å²) in [4.78, 5) is 31.8. The summed E-state index contributed by atoms with van der Waals surface area (Å²) in [6.45, 7) is 5.78. The van der Waals surface area contributed by atoms with E-state index in [0.717, 1.165) is 0 Å². The summed E-state index contributed by atoms with van der Waals surface area (Å²) in [6.07, 6.45) is 1.19. The number of hydrogen-bond donors (Lipinski definition) is 1. The Bertz CT molecular complexity index is 766. The molecule has 1 aliphatic rings. The van der Waals surface area contributed by atoms with Crippen LogP contribution in [0.1, 0.15) is 23.0 Å². The topological polar surface area (TPSA) is 101 Å². The van der Waals surface area contributed by atoms with Crippen LogP contribution in [-0.4, -0.2) is 64.7 Å². The number of hydrogen-bond acceptors (Lipinski definition) is 7. The number of pyridine rings is 1. The predicted molar refractivity (Wildman–Crippen MR) is 93.3 cm³/mol. The number of carbonyl (C=O) groups is 2. The summed E-state index contributed by atoms with van der Waals surface area (Å²) in [5.41, 5.74) is 0.497. The molecule has 0 bridgehead atoms. The third-order valence-electron chi connectivity index (χ3n) is 3.99. The van der Waals surface area contributed by atoms with Crippen molar-refractivity contribution in [2.75, 3.05) is 38.1 Å². The Hall–Kier alpha value is -3.10. The predicted octanol–water partition coefficient (Wildman–Crippen LogP) is 2.04. The second-order valence-electron chi connectivity index (χ2n) is 5.86. The molecule has 2 aromatic heterocycles. The van der Waals surface area contributed by atoms with E-state index in [4.69, 9.17) is 9.26 Å². The molecule has 0 aromatic carbocycles. The maximum absolute atomic E-state index is 12.6. The molecule has 1 N–H and O–H groups in total. The zero-order chi connectivity index (χ0) is 18.5. The highest BCUT2D eigenvalue weighted by Gasteiger charge is 2.25. The Kier molecular flexibility index (Phi) is 5.35. The second kappa shape index (κ2) is 7.85. The third kappa shape index (κ3) is 4.11. The van der Waals surface area contributed by atoms with Gasteiger partial charge in [-0.05, 0) is 26.0 Å². The fraction of sp³-hybridized carbons (Fsp3) is 0.412. The number of nitrogens with one attached hydrogen (secondary N) is 1. The molecule has 1 fully saturated rings. The van der Waals surface area contributed by atoms with Gasteiger partial charge in [0.2, 0.25) is 0 Å². The van der Waals surface area contributed by atoms with Gasteiger partial charge in [0.25, 0.3) is 5.91 Å². The highest BCUT2D eigenvalue weighted by atomic mass is 16.6. The Balaban J connectivity index is 1.56. The number of carbonyl (C=O) groups excluding carboxylic acids is 2. The Morgan fingerprint density at radius 2 is 1.92 bits per heavy atom. The molecule has 0 atom stereocenters. The highest BCUT2D eigenvalue weighted by Crippen LogP contribution is 2.15. The van der Waals surface area contributed by atoms with Gasteiger partial charge in [-0.3, -0.25) is 4.79 Å². The van der Waals surface area contributed by atoms with Gasteiger partial charge in [0.1, 0.15) is 11.6 Å². The SMILES string of the molecule is CCOC(=O)N1CCN(C(=O)c2ccc(Nc3cc(C)on3)nc2)CC1. The van der Waals surface area contributed by atoms with E-state index in [9.17, 15) is 9.59 Å². The van der Waals surface area contributed by atoms with E-state index in [1.54, 1.807) is 41.8 Å². The number of rotatable bonds is 4. The number of amides is 2. The smallest absolute Gasteiger partial charge is 0.409 e. The molecule has 2 amide bonds. The first-order valence-corrected chi connectivity index (χ1v) is 8.44. The van der Waals surface area contributed by atoms with Crippen LogP contribution in [0, 0.1) is 6.92 Å². The number of ether oxygens (including phenoxy) is 1. The molecule has 9 heteroatoms. The lowest BCUT2D eigenvalue weighted by atomic mass is 10.2. The normalized spacial score (nSPS) is 14.2. The first kappa shape index (κ1) is 17.7. The molecule has 3 rings (SSSR count). The van der Waals surface area contributed by atoms with E-state index in [2.05, 4.69) is 15.5 Å². The molecule has 0 aliphatic carbocycles. The minimum absolute atomic E-state index is 0.107. The average molecular weight is 359 g/mol. The number of anilines is 2. The third-order valence-corrected chi connectivity index (χ3v) is 3.99. The molecule has 138 valence electrons. The molecule has 1 aliphatic heterocycles. The quantitative estimate of drug-likeness (QED) is 0.891. The number of piperazine rings is 1. The van der Waals surface area contributed by atoms with Gasteiger partial charge in [-0.15, -0.1) is 0 Å². The van der Waals surface area contributed by atoms with Gasteiger partial charge in [0, 0.05) is 38.4 Å². The monoisotopic (exact) mass is 359 g/mol. The van der Waals surface area contributed by atoms with Gasteiger partial charge in [-0.2, -0.15) is 0 Å². The molecule has 0 spiro atoms. The van der Waals surface area contributed by atoms with Crippen LogP contribution in [0.15, 0.2) is 28.9 Å². The molecule has 0 radical (unpaired) electrons. The largest absolute Gasteiger partial charge is 0.450 e. The van der Waals surface area contributed by atoms with Gasteiger partial charge in [0.15, 0.2) is 5.82 Å². The lowest BCUT2D eigenvalue weighted by molar-refractivity contribution is 0.0570. The Morgan fingerprint density at radius 1 is 1.19 bits per heavy atom. The highest BCUT2D eigenvalue weighted by molar-refractivity contribution is 5.94. The molecular weight excluding hydrogens is 338 g/mol. The second-order valence-corrected chi connectivity index (χ2v) is 5.86. The summed E-state index contributed by atoms with van der Waals surface area (Å²) in [5, 5.41) is 6.83. The Labute approximate surface area is 150 Å². The van der Waals surface area contributed by atoms with Crippen molar-refractivity contribution in [3.8, 4) is 0 Å². The molecule has 1 saturated heterocycles. The van der Waals surface area contributed by atoms with Gasteiger partial charge >= 0.3 is 6.09 Å². The number of nitrogens with zero attached hydrogens (tertiary/aromatic N) is 4. The van der Waals surface area contributed by atoms with Crippen molar-refractivity contribution in [2.24, 2.45) is 0 Å². The van der Waals surface area contributed by atoms with Crippen molar-refractivity contribution >= 4 is 23.6 Å². The maximum Gasteiger partial charge on any atom is 0.409 e. The standard InChI is InChI=1S/C17H21N5O4/c1-3-25-17(24)22-8-6-21(7-9-22)16(23)13-4-5-14(18-11-13)19-15-10-12(2)26-20-15/h4-5,10-11H,3,6-9H2,1-2H3,(H,18,19,20). The maximum atomic E-state index is 12.6. The van der Waals surface area contributed by atoms with E-state index in [1.807, 2.05) is 0 Å². The van der Waals surface area contributed by atoms with Crippen LogP contribution in [0.5, 0.6) is 0 Å². The van der Waals surface area contributed by atoms with Crippen LogP contribution < -0.4 is 5.32 Å². The summed E-state index contributed by atoms with van der Waals surface area (Å²) in [5.74, 6) is 1.72. The van der Waals surface area contributed by atoms with E-state index in [1.165, 1.54) is 6.20 Å². The lowest BCUT2D eigenvalue weighted by Crippen LogP contribution is -2.50. The van der Waals surface area contributed by atoms with Crippen LogP contribution >= 0.6 is 0 Å². The molecule has 0 unspecified atom stereocenters. The van der Waals surface area contributed by atoms with Crippen molar-refractivity contribution in [3.05, 3.63) is 35.7 Å². The fourth-order valence-corrected chi connectivity index (χ4v) is 2.64. The summed E-state index contributed by atoms with van der Waals surface area (Å²) < 4.78 is 9.96. The fourth-order valence-electron chi connectivity index (χ4n) is 2.64. The summed E-state index contributed by atoms with van der Waals surface area (Å²) in [6, 6.07) is 5.18. The van der Waals surface area contributed by atoms with Gasteiger partial charge in [-0.1, -0.05) is 5.16 Å². The van der Waals surface area contributed by atoms with Crippen molar-refractivity contribution in [1.82, 2.24) is 19.9 Å². The van der Waals surface area contributed by atoms with Crippen molar-refractivity contribution in [3.63, 3.8) is 0 Å². The van der Waals surface area contributed by atoms with Crippen molar-refractivity contribution < 1.29 is 18.8 Å². The van der Waals surface area contributed by atoms with Gasteiger partial charge < -0.3 is 24.4 Å². The summed E-state index contributed by atoms with van der Waals surface area (Å²) >= 11 is 0. The van der Waals surface area contributed by atoms with E-state index in [-0.39, 0.29) is 12.0 Å². The molecular formula is C17H21N5O4. The minimum Gasteiger partial charge on any atom is -0.450 e. The van der Waals surface area contributed by atoms with Crippen LogP contribution in [0.4, 0.5) is 16.4 Å². The van der Waals surface area contributed by atoms with Gasteiger partial charge in [-0.25, -0.2) is 9.78 Å². The van der Waals surface area contributed by atoms with Crippen LogP contribution in [0.3, 0.4) is 0 Å². The van der Waals surface area contributed by atoms with Crippen LogP contribution in [0.2, 0.25) is 0 Å². The zero-order valence-corrected chi connectivity index (χ0v) is 14.8. The molecule has 0 saturated carbocycles. The number of aryl methyl sites for hydroxylation is 1. The van der Waals surface area contributed by atoms with Crippen LogP contribution in [0.25, 0.3) is 0 Å². The van der Waals surface area contributed by atoms with E-state index < -0.39 is 0 Å². The minimum atomic E-state index is -0.334. The van der Waals surface area contributed by atoms with Gasteiger partial charge in [0.05, 0.1) is 12.2 Å². The Morgan fingerprint density at radius 3 is 2.50 bits per heavy atom. The van der Waals surface area contributed by atoms with Crippen molar-refractivity contribution in [2.45, 2.75) is 13.8 Å². The zero-order valence-electron chi connectivity index (χ0n) is 14.8. The number of aromatic nitrogens is 2. The molecule has 3 heterocycles. The average Bonchev–Trinajstić information content (AvgIpc) is 3.07.